The summed E-state index contributed by atoms with van der Waals surface area (Å²) >= 11 is 0. The van der Waals surface area contributed by atoms with Gasteiger partial charge in [-0.2, -0.15) is 0 Å². The molecule has 0 radical (unpaired) electrons. The van der Waals surface area contributed by atoms with Crippen molar-refractivity contribution in [2.45, 2.75) is 76.9 Å². The summed E-state index contributed by atoms with van der Waals surface area (Å²) in [5.41, 5.74) is -0.185. The maximum Gasteiger partial charge on any atom is 0.226 e. The Bertz CT molecular complexity index is 271. The van der Waals surface area contributed by atoms with Gasteiger partial charge in [-0.15, -0.1) is 0 Å². The summed E-state index contributed by atoms with van der Waals surface area (Å²) in [4.78, 5) is 12.3. The van der Waals surface area contributed by atoms with Crippen molar-refractivity contribution in [1.29, 1.82) is 0 Å². The number of amides is 1. The number of aliphatic hydroxyl groups is 1. The Morgan fingerprint density at radius 2 is 1.76 bits per heavy atom. The van der Waals surface area contributed by atoms with Crippen molar-refractivity contribution < 1.29 is 9.90 Å². The molecule has 0 aromatic carbocycles. The van der Waals surface area contributed by atoms with Crippen LogP contribution in [0.2, 0.25) is 0 Å². The molecule has 98 valence electrons. The van der Waals surface area contributed by atoms with Gasteiger partial charge in [0.05, 0.1) is 12.1 Å². The summed E-state index contributed by atoms with van der Waals surface area (Å²) < 4.78 is 0. The molecule has 2 saturated carbocycles. The van der Waals surface area contributed by atoms with Gasteiger partial charge in [-0.05, 0) is 25.7 Å². The Labute approximate surface area is 104 Å². The minimum Gasteiger partial charge on any atom is -0.391 e. The Morgan fingerprint density at radius 1 is 1.12 bits per heavy atom. The Balaban J connectivity index is 1.90. The van der Waals surface area contributed by atoms with Gasteiger partial charge in [0.2, 0.25) is 5.91 Å². The molecule has 2 rings (SSSR count). The highest BCUT2D eigenvalue weighted by Crippen LogP contribution is 2.36. The molecule has 1 amide bonds. The fraction of sp³-hybridized carbons (Fsp3) is 0.929. The molecule has 0 unspecified atom stereocenters. The zero-order valence-corrected chi connectivity index (χ0v) is 10.9. The van der Waals surface area contributed by atoms with E-state index < -0.39 is 0 Å². The molecule has 0 saturated heterocycles. The molecular formula is C14H25NO2. The molecule has 2 aliphatic rings. The lowest BCUT2D eigenvalue weighted by atomic mass is 9.74. The summed E-state index contributed by atoms with van der Waals surface area (Å²) in [6.45, 7) is 2.08. The first kappa shape index (κ1) is 12.9. The lowest BCUT2D eigenvalue weighted by Gasteiger charge is -2.36. The molecule has 2 N–H and O–H groups in total. The molecule has 0 spiro atoms. The first-order chi connectivity index (χ1) is 8.12. The van der Waals surface area contributed by atoms with Crippen molar-refractivity contribution in [3.8, 4) is 0 Å². The zero-order chi connectivity index (χ0) is 12.3. The lowest BCUT2D eigenvalue weighted by molar-refractivity contribution is -0.133. The lowest BCUT2D eigenvalue weighted by Crippen LogP contribution is -2.50. The molecule has 0 bridgehead atoms. The molecule has 17 heavy (non-hydrogen) atoms. The van der Waals surface area contributed by atoms with Gasteiger partial charge in [-0.3, -0.25) is 4.79 Å². The van der Waals surface area contributed by atoms with Gasteiger partial charge in [-0.25, -0.2) is 0 Å². The number of carbonyl (C=O) groups is 1. The van der Waals surface area contributed by atoms with E-state index in [0.29, 0.717) is 0 Å². The van der Waals surface area contributed by atoms with E-state index >= 15 is 0 Å². The van der Waals surface area contributed by atoms with Gasteiger partial charge < -0.3 is 10.4 Å². The Kier molecular flexibility index (Phi) is 4.08. The highest BCUT2D eigenvalue weighted by molar-refractivity contribution is 5.82. The van der Waals surface area contributed by atoms with E-state index in [9.17, 15) is 9.90 Å². The fourth-order valence-corrected chi connectivity index (χ4v) is 3.18. The maximum absolute atomic E-state index is 12.3. The highest BCUT2D eigenvalue weighted by atomic mass is 16.3. The van der Waals surface area contributed by atoms with E-state index in [0.717, 1.165) is 51.4 Å². The van der Waals surface area contributed by atoms with E-state index in [1.54, 1.807) is 0 Å². The quantitative estimate of drug-likeness (QED) is 0.777. The van der Waals surface area contributed by atoms with Crippen LogP contribution in [0.1, 0.15) is 64.7 Å². The minimum atomic E-state index is -0.333. The number of hydrogen-bond donors (Lipinski definition) is 2. The topological polar surface area (TPSA) is 49.3 Å². The molecule has 2 atom stereocenters. The van der Waals surface area contributed by atoms with E-state index in [-0.39, 0.29) is 23.5 Å². The van der Waals surface area contributed by atoms with Crippen molar-refractivity contribution in [2.75, 3.05) is 0 Å². The van der Waals surface area contributed by atoms with Gasteiger partial charge in [0, 0.05) is 5.41 Å². The largest absolute Gasteiger partial charge is 0.391 e. The second-order valence-electron chi connectivity index (χ2n) is 6.05. The van der Waals surface area contributed by atoms with Gasteiger partial charge in [-0.1, -0.05) is 39.0 Å². The summed E-state index contributed by atoms with van der Waals surface area (Å²) in [5.74, 6) is 0.170. The van der Waals surface area contributed by atoms with Crippen molar-refractivity contribution in [2.24, 2.45) is 5.41 Å². The summed E-state index contributed by atoms with van der Waals surface area (Å²) in [5, 5.41) is 13.0. The molecule has 2 fully saturated rings. The average Bonchev–Trinajstić information content (AvgIpc) is 2.33. The predicted molar refractivity (Wildman–Crippen MR) is 67.6 cm³/mol. The molecule has 0 aromatic heterocycles. The molecule has 3 nitrogen and oxygen atoms in total. The first-order valence-electron chi connectivity index (χ1n) is 7.11. The van der Waals surface area contributed by atoms with Crippen LogP contribution in [-0.2, 0) is 4.79 Å². The van der Waals surface area contributed by atoms with Gasteiger partial charge in [0.25, 0.3) is 0 Å². The molecule has 0 heterocycles. The number of nitrogens with one attached hydrogen (secondary N) is 1. The molecule has 3 heteroatoms. The second kappa shape index (κ2) is 5.38. The minimum absolute atomic E-state index is 0.00463. The molecule has 2 aliphatic carbocycles. The van der Waals surface area contributed by atoms with Gasteiger partial charge >= 0.3 is 0 Å². The first-order valence-corrected chi connectivity index (χ1v) is 7.11. The Morgan fingerprint density at radius 3 is 2.41 bits per heavy atom. The third-order valence-corrected chi connectivity index (χ3v) is 4.55. The van der Waals surface area contributed by atoms with Crippen LogP contribution in [0.3, 0.4) is 0 Å². The predicted octanol–water partition coefficient (Wildman–Crippen LogP) is 2.38. The fourth-order valence-electron chi connectivity index (χ4n) is 3.18. The number of aliphatic hydroxyl groups excluding tert-OH is 1. The number of hydrogen-bond acceptors (Lipinski definition) is 2. The van der Waals surface area contributed by atoms with E-state index in [4.69, 9.17) is 0 Å². The third-order valence-electron chi connectivity index (χ3n) is 4.55. The van der Waals surface area contributed by atoms with Crippen LogP contribution in [0.5, 0.6) is 0 Å². The van der Waals surface area contributed by atoms with Crippen molar-refractivity contribution in [3.05, 3.63) is 0 Å². The molecular weight excluding hydrogens is 214 g/mol. The monoisotopic (exact) mass is 239 g/mol. The number of carbonyl (C=O) groups excluding carboxylic acids is 1. The van der Waals surface area contributed by atoms with Crippen LogP contribution in [0, 0.1) is 5.41 Å². The summed E-state index contributed by atoms with van der Waals surface area (Å²) in [7, 11) is 0. The molecule has 0 aliphatic heterocycles. The van der Waals surface area contributed by atoms with Crippen LogP contribution in [0.15, 0.2) is 0 Å². The Hall–Kier alpha value is -0.570. The van der Waals surface area contributed by atoms with Crippen LogP contribution in [-0.4, -0.2) is 23.2 Å². The van der Waals surface area contributed by atoms with Crippen LogP contribution in [0.4, 0.5) is 0 Å². The van der Waals surface area contributed by atoms with Crippen molar-refractivity contribution >= 4 is 5.91 Å². The van der Waals surface area contributed by atoms with E-state index in [1.165, 1.54) is 6.42 Å². The standard InChI is InChI=1S/C14H25NO2/c1-14(9-5-2-6-10-14)13(17)15-11-7-3-4-8-12(11)16/h11-12,16H,2-10H2,1H3,(H,15,17)/t11-,12-/m1/s1. The van der Waals surface area contributed by atoms with Crippen molar-refractivity contribution in [3.63, 3.8) is 0 Å². The SMILES string of the molecule is CC1(C(=O)N[C@@H]2CCCC[C@H]2O)CCCCC1. The summed E-state index contributed by atoms with van der Waals surface area (Å²) in [6, 6.07) is -0.00463. The normalized spacial score (nSPS) is 33.1. The highest BCUT2D eigenvalue weighted by Gasteiger charge is 2.36. The second-order valence-corrected chi connectivity index (χ2v) is 6.05. The zero-order valence-electron chi connectivity index (χ0n) is 10.9. The van der Waals surface area contributed by atoms with Crippen molar-refractivity contribution in [1.82, 2.24) is 5.32 Å². The van der Waals surface area contributed by atoms with Crippen LogP contribution < -0.4 is 5.32 Å². The van der Waals surface area contributed by atoms with E-state index in [1.807, 2.05) is 0 Å². The number of rotatable bonds is 2. The third kappa shape index (κ3) is 3.01. The maximum atomic E-state index is 12.3. The van der Waals surface area contributed by atoms with E-state index in [2.05, 4.69) is 12.2 Å². The average molecular weight is 239 g/mol. The van der Waals surface area contributed by atoms with Crippen LogP contribution >= 0.6 is 0 Å². The van der Waals surface area contributed by atoms with Crippen LogP contribution in [0.25, 0.3) is 0 Å². The van der Waals surface area contributed by atoms with Gasteiger partial charge in [0.1, 0.15) is 0 Å². The van der Waals surface area contributed by atoms with Gasteiger partial charge in [0.15, 0.2) is 0 Å². The smallest absolute Gasteiger partial charge is 0.226 e. The molecule has 0 aromatic rings. The summed E-state index contributed by atoms with van der Waals surface area (Å²) in [6.07, 6.45) is 9.24.